The van der Waals surface area contributed by atoms with Crippen LogP contribution in [0, 0.1) is 13.8 Å². The maximum absolute atomic E-state index is 12.7. The average Bonchev–Trinajstić information content (AvgIpc) is 3.19. The molecule has 7 nitrogen and oxygen atoms in total. The predicted octanol–water partition coefficient (Wildman–Crippen LogP) is 1.86. The maximum Gasteiger partial charge on any atom is 0.274 e. The Bertz CT molecular complexity index is 846. The molecule has 2 aromatic heterocycles. The van der Waals surface area contributed by atoms with Crippen molar-refractivity contribution >= 4 is 23.2 Å². The second kappa shape index (κ2) is 5.87. The molecule has 4 rings (SSSR count). The van der Waals surface area contributed by atoms with Gasteiger partial charge in [-0.1, -0.05) is 0 Å². The highest BCUT2D eigenvalue weighted by molar-refractivity contribution is 7.12. The third kappa shape index (κ3) is 2.90. The largest absolute Gasteiger partial charge is 0.507 e. The van der Waals surface area contributed by atoms with E-state index in [0.717, 1.165) is 24.4 Å². The highest BCUT2D eigenvalue weighted by Crippen LogP contribution is 2.37. The molecule has 0 radical (unpaired) electrons. The van der Waals surface area contributed by atoms with Gasteiger partial charge in [-0.3, -0.25) is 9.59 Å². The minimum Gasteiger partial charge on any atom is -0.507 e. The minimum atomic E-state index is -0.215. The molecule has 1 saturated heterocycles. The lowest BCUT2D eigenvalue weighted by Gasteiger charge is -2.39. The zero-order valence-corrected chi connectivity index (χ0v) is 15.0. The van der Waals surface area contributed by atoms with Gasteiger partial charge in [0.1, 0.15) is 17.3 Å². The highest BCUT2D eigenvalue weighted by atomic mass is 32.1. The molecule has 0 atom stereocenters. The fourth-order valence-electron chi connectivity index (χ4n) is 3.31. The van der Waals surface area contributed by atoms with Gasteiger partial charge >= 0.3 is 0 Å². The molecule has 1 saturated carbocycles. The van der Waals surface area contributed by atoms with E-state index in [4.69, 9.17) is 0 Å². The van der Waals surface area contributed by atoms with E-state index in [0.29, 0.717) is 29.7 Å². The summed E-state index contributed by atoms with van der Waals surface area (Å²) >= 11 is 1.20. The molecule has 8 heteroatoms. The minimum absolute atomic E-state index is 0.0624. The number of carbonyl (C=O) groups excluding carboxylic acids is 2. The van der Waals surface area contributed by atoms with Gasteiger partial charge in [-0.05, 0) is 26.7 Å². The SMILES string of the molecule is Cc1nc(C(=O)N2CC(NC(=O)c3cc(O)cs3)C2)c(C)n1C1CC1. The third-order valence-corrected chi connectivity index (χ3v) is 5.67. The first-order valence-electron chi connectivity index (χ1n) is 8.37. The molecule has 0 aromatic carbocycles. The Balaban J connectivity index is 1.37. The first-order valence-corrected chi connectivity index (χ1v) is 9.25. The van der Waals surface area contributed by atoms with Crippen LogP contribution in [0.2, 0.25) is 0 Å². The topological polar surface area (TPSA) is 87.5 Å². The van der Waals surface area contributed by atoms with Gasteiger partial charge in [0, 0.05) is 36.3 Å². The molecule has 2 aromatic rings. The Morgan fingerprint density at radius 1 is 1.32 bits per heavy atom. The van der Waals surface area contributed by atoms with Gasteiger partial charge in [-0.2, -0.15) is 0 Å². The fourth-order valence-corrected chi connectivity index (χ4v) is 3.98. The second-order valence-corrected chi connectivity index (χ2v) is 7.66. The summed E-state index contributed by atoms with van der Waals surface area (Å²) in [5.41, 5.74) is 1.46. The molecular weight excluding hydrogens is 340 g/mol. The molecule has 2 aliphatic rings. The van der Waals surface area contributed by atoms with E-state index in [1.165, 1.54) is 22.8 Å². The summed E-state index contributed by atoms with van der Waals surface area (Å²) in [6.45, 7) is 4.86. The summed E-state index contributed by atoms with van der Waals surface area (Å²) < 4.78 is 2.16. The van der Waals surface area contributed by atoms with Crippen molar-refractivity contribution in [1.82, 2.24) is 19.8 Å². The number of aryl methyl sites for hydroxylation is 1. The summed E-state index contributed by atoms with van der Waals surface area (Å²) in [5.74, 6) is 0.704. The van der Waals surface area contributed by atoms with Gasteiger partial charge in [-0.15, -0.1) is 11.3 Å². The van der Waals surface area contributed by atoms with Crippen molar-refractivity contribution in [1.29, 1.82) is 0 Å². The number of nitrogens with one attached hydrogen (secondary N) is 1. The molecule has 2 fully saturated rings. The van der Waals surface area contributed by atoms with Crippen molar-refractivity contribution in [3.8, 4) is 5.75 Å². The van der Waals surface area contributed by atoms with Gasteiger partial charge in [0.2, 0.25) is 0 Å². The monoisotopic (exact) mass is 360 g/mol. The number of imidazole rings is 1. The molecule has 0 bridgehead atoms. The number of aromatic hydroxyl groups is 1. The molecule has 0 unspecified atom stereocenters. The lowest BCUT2D eigenvalue weighted by atomic mass is 10.1. The summed E-state index contributed by atoms with van der Waals surface area (Å²) in [4.78, 5) is 31.4. The third-order valence-electron chi connectivity index (χ3n) is 4.75. The maximum atomic E-state index is 12.7. The van der Waals surface area contributed by atoms with Crippen LogP contribution in [0.25, 0.3) is 0 Å². The normalized spacial score (nSPS) is 17.4. The first-order chi connectivity index (χ1) is 11.9. The van der Waals surface area contributed by atoms with Crippen molar-refractivity contribution in [2.75, 3.05) is 13.1 Å². The molecule has 0 spiro atoms. The Hall–Kier alpha value is -2.35. The van der Waals surface area contributed by atoms with Crippen LogP contribution in [0.15, 0.2) is 11.4 Å². The van der Waals surface area contributed by atoms with Crippen LogP contribution < -0.4 is 5.32 Å². The molecule has 2 amide bonds. The average molecular weight is 360 g/mol. The summed E-state index contributed by atoms with van der Waals surface area (Å²) in [7, 11) is 0. The number of nitrogens with zero attached hydrogens (tertiary/aromatic N) is 3. The van der Waals surface area contributed by atoms with Crippen molar-refractivity contribution in [3.05, 3.63) is 33.5 Å². The van der Waals surface area contributed by atoms with E-state index in [9.17, 15) is 14.7 Å². The van der Waals surface area contributed by atoms with Gasteiger partial charge in [-0.25, -0.2) is 4.98 Å². The fraction of sp³-hybridized carbons (Fsp3) is 0.471. The molecule has 2 N–H and O–H groups in total. The van der Waals surface area contributed by atoms with E-state index in [2.05, 4.69) is 14.9 Å². The van der Waals surface area contributed by atoms with E-state index < -0.39 is 0 Å². The van der Waals surface area contributed by atoms with E-state index in [-0.39, 0.29) is 23.6 Å². The lowest BCUT2D eigenvalue weighted by Crippen LogP contribution is -2.61. The molecule has 132 valence electrons. The number of hydrogen-bond donors (Lipinski definition) is 2. The van der Waals surface area contributed by atoms with Crippen LogP contribution in [0.3, 0.4) is 0 Å². The van der Waals surface area contributed by atoms with Crippen molar-refractivity contribution in [3.63, 3.8) is 0 Å². The van der Waals surface area contributed by atoms with Gasteiger partial charge in [0.05, 0.1) is 10.9 Å². The Kier molecular flexibility index (Phi) is 3.79. The van der Waals surface area contributed by atoms with E-state index >= 15 is 0 Å². The summed E-state index contributed by atoms with van der Waals surface area (Å²) in [5, 5.41) is 13.7. The smallest absolute Gasteiger partial charge is 0.274 e. The number of thiophene rings is 1. The van der Waals surface area contributed by atoms with Crippen molar-refractivity contribution in [2.45, 2.75) is 38.8 Å². The number of carbonyl (C=O) groups is 2. The van der Waals surface area contributed by atoms with Crippen LogP contribution in [0.1, 0.15) is 50.6 Å². The van der Waals surface area contributed by atoms with Crippen LogP contribution in [-0.2, 0) is 0 Å². The Labute approximate surface area is 149 Å². The Morgan fingerprint density at radius 2 is 2.04 bits per heavy atom. The predicted molar refractivity (Wildman–Crippen MR) is 93.1 cm³/mol. The molecule has 1 aliphatic heterocycles. The standard InChI is InChI=1S/C17H20N4O3S/c1-9-15(18-10(2)21(9)12-3-4-12)17(24)20-6-11(7-20)19-16(23)14-5-13(22)8-25-14/h5,8,11-12,22H,3-4,6-7H2,1-2H3,(H,19,23). The van der Waals surface area contributed by atoms with E-state index in [1.807, 2.05) is 13.8 Å². The molecular formula is C17H20N4O3S. The number of amides is 2. The Morgan fingerprint density at radius 3 is 2.64 bits per heavy atom. The van der Waals surface area contributed by atoms with Gasteiger partial charge < -0.3 is 19.9 Å². The van der Waals surface area contributed by atoms with Gasteiger partial charge in [0.25, 0.3) is 11.8 Å². The number of rotatable bonds is 4. The molecule has 1 aliphatic carbocycles. The number of hydrogen-bond acceptors (Lipinski definition) is 5. The van der Waals surface area contributed by atoms with Crippen LogP contribution in [-0.4, -0.2) is 50.5 Å². The molecule has 3 heterocycles. The summed E-state index contributed by atoms with van der Waals surface area (Å²) in [6, 6.07) is 1.88. The van der Waals surface area contributed by atoms with Gasteiger partial charge in [0.15, 0.2) is 0 Å². The van der Waals surface area contributed by atoms with Crippen LogP contribution in [0.5, 0.6) is 5.75 Å². The first kappa shape index (κ1) is 16.1. The zero-order valence-electron chi connectivity index (χ0n) is 14.2. The highest BCUT2D eigenvalue weighted by Gasteiger charge is 2.36. The lowest BCUT2D eigenvalue weighted by molar-refractivity contribution is 0.0537. The number of likely N-dealkylation sites (tertiary alicyclic amines) is 1. The number of aromatic nitrogens is 2. The van der Waals surface area contributed by atoms with E-state index in [1.54, 1.807) is 4.90 Å². The van der Waals surface area contributed by atoms with Crippen LogP contribution in [0.4, 0.5) is 0 Å². The van der Waals surface area contributed by atoms with Crippen molar-refractivity contribution < 1.29 is 14.7 Å². The van der Waals surface area contributed by atoms with Crippen molar-refractivity contribution in [2.24, 2.45) is 0 Å². The second-order valence-electron chi connectivity index (χ2n) is 6.74. The summed E-state index contributed by atoms with van der Waals surface area (Å²) in [6.07, 6.45) is 2.31. The van der Waals surface area contributed by atoms with Crippen LogP contribution >= 0.6 is 11.3 Å². The molecule has 25 heavy (non-hydrogen) atoms. The quantitative estimate of drug-likeness (QED) is 0.871. The zero-order chi connectivity index (χ0) is 17.7.